The van der Waals surface area contributed by atoms with Gasteiger partial charge in [0.15, 0.2) is 11.6 Å². The average molecular weight is 363 g/mol. The van der Waals surface area contributed by atoms with Crippen LogP contribution in [-0.4, -0.2) is 34.5 Å². The number of carbonyl (C=O) groups is 2. The SMILES string of the molecule is CC1C(c2ccc(F)c(F)c2)CCN1C(=O)C1CC2(CC(C(=O)O)C2)C1. The first-order valence-electron chi connectivity index (χ1n) is 9.28. The smallest absolute Gasteiger partial charge is 0.306 e. The van der Waals surface area contributed by atoms with Crippen molar-refractivity contribution in [3.8, 4) is 0 Å². The van der Waals surface area contributed by atoms with Crippen LogP contribution in [0.3, 0.4) is 0 Å². The Hall–Kier alpha value is -1.98. The van der Waals surface area contributed by atoms with Gasteiger partial charge in [-0.15, -0.1) is 0 Å². The Labute approximate surface area is 151 Å². The number of likely N-dealkylation sites (tertiary alicyclic amines) is 1. The number of hydrogen-bond donors (Lipinski definition) is 1. The lowest BCUT2D eigenvalue weighted by Crippen LogP contribution is -2.54. The van der Waals surface area contributed by atoms with Crippen molar-refractivity contribution in [2.75, 3.05) is 6.54 Å². The minimum atomic E-state index is -0.854. The lowest BCUT2D eigenvalue weighted by atomic mass is 9.48. The van der Waals surface area contributed by atoms with Gasteiger partial charge in [0.25, 0.3) is 0 Å². The summed E-state index contributed by atoms with van der Waals surface area (Å²) in [7, 11) is 0. The lowest BCUT2D eigenvalue weighted by Gasteiger charge is -2.56. The van der Waals surface area contributed by atoms with E-state index in [9.17, 15) is 18.4 Å². The summed E-state index contributed by atoms with van der Waals surface area (Å²) in [6.07, 6.45) is 3.71. The maximum absolute atomic E-state index is 13.5. The molecule has 2 saturated carbocycles. The molecule has 2 unspecified atom stereocenters. The Morgan fingerprint density at radius 3 is 2.38 bits per heavy atom. The summed E-state index contributed by atoms with van der Waals surface area (Å²) in [6, 6.07) is 3.94. The van der Waals surface area contributed by atoms with Crippen molar-refractivity contribution in [1.82, 2.24) is 4.90 Å². The van der Waals surface area contributed by atoms with E-state index in [1.54, 1.807) is 6.07 Å². The number of nitrogens with zero attached hydrogens (tertiary/aromatic N) is 1. The third-order valence-electron chi connectivity index (χ3n) is 6.83. The van der Waals surface area contributed by atoms with E-state index in [2.05, 4.69) is 0 Å². The minimum Gasteiger partial charge on any atom is -0.481 e. The first-order chi connectivity index (χ1) is 12.3. The molecule has 2 aliphatic carbocycles. The number of rotatable bonds is 3. The number of aliphatic carboxylic acids is 1. The number of benzene rings is 1. The molecular weight excluding hydrogens is 340 g/mol. The molecule has 4 rings (SSSR count). The van der Waals surface area contributed by atoms with Crippen molar-refractivity contribution < 1.29 is 23.5 Å². The van der Waals surface area contributed by atoms with E-state index in [1.165, 1.54) is 6.07 Å². The zero-order valence-corrected chi connectivity index (χ0v) is 14.8. The number of carboxylic acid groups (broad SMARTS) is 1. The quantitative estimate of drug-likeness (QED) is 0.893. The van der Waals surface area contributed by atoms with Gasteiger partial charge in [0.05, 0.1) is 5.92 Å². The highest BCUT2D eigenvalue weighted by molar-refractivity contribution is 5.81. The van der Waals surface area contributed by atoms with Gasteiger partial charge in [0.1, 0.15) is 0 Å². The molecule has 1 amide bonds. The van der Waals surface area contributed by atoms with Crippen LogP contribution in [0.5, 0.6) is 0 Å². The Morgan fingerprint density at radius 1 is 1.12 bits per heavy atom. The van der Waals surface area contributed by atoms with Crippen molar-refractivity contribution in [2.24, 2.45) is 17.3 Å². The third-order valence-corrected chi connectivity index (χ3v) is 6.83. The predicted molar refractivity (Wildman–Crippen MR) is 90.4 cm³/mol. The highest BCUT2D eigenvalue weighted by Crippen LogP contribution is 2.61. The summed E-state index contributed by atoms with van der Waals surface area (Å²) in [5.74, 6) is -2.54. The van der Waals surface area contributed by atoms with Crippen molar-refractivity contribution in [3.05, 3.63) is 35.4 Å². The molecule has 0 bridgehead atoms. The summed E-state index contributed by atoms with van der Waals surface area (Å²) in [6.45, 7) is 2.60. The van der Waals surface area contributed by atoms with Crippen LogP contribution in [-0.2, 0) is 9.59 Å². The molecular formula is C20H23F2NO3. The molecule has 3 fully saturated rings. The molecule has 0 radical (unpaired) electrons. The van der Waals surface area contributed by atoms with Gasteiger partial charge >= 0.3 is 5.97 Å². The van der Waals surface area contributed by atoms with Crippen molar-refractivity contribution in [1.29, 1.82) is 0 Å². The van der Waals surface area contributed by atoms with Crippen LogP contribution in [0.4, 0.5) is 8.78 Å². The van der Waals surface area contributed by atoms with Crippen molar-refractivity contribution in [3.63, 3.8) is 0 Å². The molecule has 1 aromatic carbocycles. The van der Waals surface area contributed by atoms with E-state index < -0.39 is 17.6 Å². The van der Waals surface area contributed by atoms with Crippen LogP contribution in [0.1, 0.15) is 50.5 Å². The Morgan fingerprint density at radius 2 is 1.77 bits per heavy atom. The second-order valence-corrected chi connectivity index (χ2v) is 8.39. The van der Waals surface area contributed by atoms with Gasteiger partial charge in [-0.1, -0.05) is 6.07 Å². The molecule has 2 atom stereocenters. The maximum atomic E-state index is 13.5. The van der Waals surface area contributed by atoms with Crippen LogP contribution in [0.25, 0.3) is 0 Å². The molecule has 26 heavy (non-hydrogen) atoms. The minimum absolute atomic E-state index is 0.0168. The van der Waals surface area contributed by atoms with Crippen molar-refractivity contribution in [2.45, 2.75) is 51.0 Å². The number of carbonyl (C=O) groups excluding carboxylic acids is 1. The predicted octanol–water partition coefficient (Wildman–Crippen LogP) is 3.56. The Bertz CT molecular complexity index is 751. The highest BCUT2D eigenvalue weighted by atomic mass is 19.2. The molecule has 0 aromatic heterocycles. The topological polar surface area (TPSA) is 57.6 Å². The Kier molecular flexibility index (Phi) is 4.04. The molecule has 4 nitrogen and oxygen atoms in total. The second kappa shape index (κ2) is 6.03. The number of hydrogen-bond acceptors (Lipinski definition) is 2. The zero-order valence-electron chi connectivity index (χ0n) is 14.8. The lowest BCUT2D eigenvalue weighted by molar-refractivity contribution is -0.164. The van der Waals surface area contributed by atoms with Crippen LogP contribution < -0.4 is 0 Å². The summed E-state index contributed by atoms with van der Waals surface area (Å²) in [5, 5.41) is 9.02. The highest BCUT2D eigenvalue weighted by Gasteiger charge is 2.57. The first-order valence-corrected chi connectivity index (χ1v) is 9.28. The first kappa shape index (κ1) is 17.4. The molecule has 1 aromatic rings. The monoisotopic (exact) mass is 363 g/mol. The fourth-order valence-electron chi connectivity index (χ4n) is 5.33. The fourth-order valence-corrected chi connectivity index (χ4v) is 5.33. The maximum Gasteiger partial charge on any atom is 0.306 e. The van der Waals surface area contributed by atoms with Crippen LogP contribution >= 0.6 is 0 Å². The summed E-state index contributed by atoms with van der Waals surface area (Å²) in [4.78, 5) is 25.7. The summed E-state index contributed by atoms with van der Waals surface area (Å²) >= 11 is 0. The molecule has 140 valence electrons. The van der Waals surface area contributed by atoms with Gasteiger partial charge in [-0.2, -0.15) is 0 Å². The number of carboxylic acids is 1. The van der Waals surface area contributed by atoms with Crippen molar-refractivity contribution >= 4 is 11.9 Å². The fraction of sp³-hybridized carbons (Fsp3) is 0.600. The summed E-state index contributed by atoms with van der Waals surface area (Å²) in [5.41, 5.74) is 0.811. The zero-order chi connectivity index (χ0) is 18.6. The average Bonchev–Trinajstić information content (AvgIpc) is 2.88. The third kappa shape index (κ3) is 2.70. The van der Waals surface area contributed by atoms with E-state index in [0.29, 0.717) is 19.4 Å². The van der Waals surface area contributed by atoms with Gasteiger partial charge < -0.3 is 10.0 Å². The molecule has 3 aliphatic rings. The van der Waals surface area contributed by atoms with E-state index in [4.69, 9.17) is 5.11 Å². The van der Waals surface area contributed by atoms with Gasteiger partial charge in [0.2, 0.25) is 5.91 Å². The molecule has 1 N–H and O–H groups in total. The molecule has 1 saturated heterocycles. The van der Waals surface area contributed by atoms with E-state index in [-0.39, 0.29) is 35.1 Å². The summed E-state index contributed by atoms with van der Waals surface area (Å²) < 4.78 is 26.7. The van der Waals surface area contributed by atoms with E-state index in [0.717, 1.165) is 30.9 Å². The van der Waals surface area contributed by atoms with Gasteiger partial charge in [0, 0.05) is 24.4 Å². The largest absolute Gasteiger partial charge is 0.481 e. The second-order valence-electron chi connectivity index (χ2n) is 8.39. The molecule has 1 heterocycles. The van der Waals surface area contributed by atoms with E-state index >= 15 is 0 Å². The Balaban J connectivity index is 1.37. The van der Waals surface area contributed by atoms with Gasteiger partial charge in [-0.25, -0.2) is 8.78 Å². The molecule has 1 aliphatic heterocycles. The normalized spacial score (nSPS) is 35.9. The standard InChI is InChI=1S/C20H23F2NO3/c1-11-15(12-2-3-16(21)17(22)6-12)4-5-23(11)18(24)13-7-20(8-13)9-14(10-20)19(25)26/h2-3,6,11,13-15H,4-5,7-10H2,1H3,(H,25,26). The van der Waals surface area contributed by atoms with Crippen LogP contribution in [0.2, 0.25) is 0 Å². The van der Waals surface area contributed by atoms with Gasteiger partial charge in [-0.3, -0.25) is 9.59 Å². The van der Waals surface area contributed by atoms with Crippen LogP contribution in [0, 0.1) is 28.9 Å². The van der Waals surface area contributed by atoms with Crippen LogP contribution in [0.15, 0.2) is 18.2 Å². The molecule has 1 spiro atoms. The number of amides is 1. The number of halogens is 2. The molecule has 6 heteroatoms. The van der Waals surface area contributed by atoms with Gasteiger partial charge in [-0.05, 0) is 62.1 Å². The van der Waals surface area contributed by atoms with E-state index in [1.807, 2.05) is 11.8 Å².